The maximum atomic E-state index is 12.9. The molecular formula is C18H25FN4O5S. The number of halogens is 1. The fourth-order valence-electron chi connectivity index (χ4n) is 2.77. The Balaban J connectivity index is 1.77. The molecule has 1 fully saturated rings. The Labute approximate surface area is 169 Å². The van der Waals surface area contributed by atoms with Crippen LogP contribution in [-0.2, 0) is 24.4 Å². The van der Waals surface area contributed by atoms with Crippen molar-refractivity contribution in [2.24, 2.45) is 0 Å². The van der Waals surface area contributed by atoms with Crippen molar-refractivity contribution in [2.45, 2.75) is 31.2 Å². The Hall–Kier alpha value is -2.53. The van der Waals surface area contributed by atoms with Crippen LogP contribution in [0.4, 0.5) is 4.39 Å². The van der Waals surface area contributed by atoms with Crippen LogP contribution in [0.1, 0.15) is 20.3 Å². The summed E-state index contributed by atoms with van der Waals surface area (Å²) in [5, 5.41) is 2.54. The third kappa shape index (κ3) is 6.50. The summed E-state index contributed by atoms with van der Waals surface area (Å²) in [5.74, 6) is -2.10. The quantitative estimate of drug-likeness (QED) is 0.603. The number of rotatable bonds is 6. The van der Waals surface area contributed by atoms with Gasteiger partial charge in [-0.3, -0.25) is 14.4 Å². The second-order valence-electron chi connectivity index (χ2n) is 6.90. The zero-order valence-corrected chi connectivity index (χ0v) is 17.2. The number of piperazine rings is 1. The summed E-state index contributed by atoms with van der Waals surface area (Å²) in [4.78, 5) is 38.9. The number of sulfonamides is 1. The van der Waals surface area contributed by atoms with E-state index in [1.165, 1.54) is 9.80 Å². The monoisotopic (exact) mass is 428 g/mol. The van der Waals surface area contributed by atoms with Gasteiger partial charge in [-0.15, -0.1) is 0 Å². The summed E-state index contributed by atoms with van der Waals surface area (Å²) in [5.41, 5.74) is 0. The molecule has 1 aliphatic rings. The normalized spacial score (nSPS) is 14.8. The summed E-state index contributed by atoms with van der Waals surface area (Å²) >= 11 is 0. The van der Waals surface area contributed by atoms with Crippen LogP contribution in [-0.4, -0.2) is 74.7 Å². The Bertz CT molecular complexity index is 850. The SMILES string of the molecule is CC(C)NC(=O)C(=O)N1CCN(C(=O)CCNS(=O)(=O)c2ccc(F)cc2)CC1. The van der Waals surface area contributed by atoms with Gasteiger partial charge in [0.15, 0.2) is 0 Å². The highest BCUT2D eigenvalue weighted by Gasteiger charge is 2.28. The molecule has 0 radical (unpaired) electrons. The lowest BCUT2D eigenvalue weighted by Crippen LogP contribution is -2.54. The van der Waals surface area contributed by atoms with Crippen LogP contribution in [0.3, 0.4) is 0 Å². The van der Waals surface area contributed by atoms with Gasteiger partial charge < -0.3 is 15.1 Å². The van der Waals surface area contributed by atoms with Gasteiger partial charge in [-0.25, -0.2) is 17.5 Å². The Morgan fingerprint density at radius 2 is 1.59 bits per heavy atom. The van der Waals surface area contributed by atoms with Crippen molar-refractivity contribution in [3.8, 4) is 0 Å². The van der Waals surface area contributed by atoms with E-state index in [0.29, 0.717) is 0 Å². The van der Waals surface area contributed by atoms with Gasteiger partial charge >= 0.3 is 11.8 Å². The summed E-state index contributed by atoms with van der Waals surface area (Å²) in [7, 11) is -3.83. The van der Waals surface area contributed by atoms with E-state index in [-0.39, 0.29) is 56.0 Å². The first-order valence-corrected chi connectivity index (χ1v) is 10.7. The van der Waals surface area contributed by atoms with Gasteiger partial charge in [0.25, 0.3) is 0 Å². The van der Waals surface area contributed by atoms with Crippen LogP contribution in [0, 0.1) is 5.82 Å². The molecule has 0 atom stereocenters. The van der Waals surface area contributed by atoms with E-state index in [0.717, 1.165) is 24.3 Å². The van der Waals surface area contributed by atoms with E-state index >= 15 is 0 Å². The molecule has 0 unspecified atom stereocenters. The zero-order valence-electron chi connectivity index (χ0n) is 16.4. The Morgan fingerprint density at radius 3 is 2.14 bits per heavy atom. The van der Waals surface area contributed by atoms with E-state index in [4.69, 9.17) is 0 Å². The van der Waals surface area contributed by atoms with Crippen molar-refractivity contribution in [1.29, 1.82) is 0 Å². The molecule has 0 saturated carbocycles. The average molecular weight is 428 g/mol. The molecule has 1 aliphatic heterocycles. The summed E-state index contributed by atoms with van der Waals surface area (Å²) in [6.07, 6.45) is -0.0534. The third-order valence-electron chi connectivity index (χ3n) is 4.29. The molecule has 11 heteroatoms. The van der Waals surface area contributed by atoms with Gasteiger partial charge in [-0.05, 0) is 38.1 Å². The lowest BCUT2D eigenvalue weighted by Gasteiger charge is -2.34. The van der Waals surface area contributed by atoms with Gasteiger partial charge in [0.05, 0.1) is 4.90 Å². The van der Waals surface area contributed by atoms with Crippen LogP contribution in [0.5, 0.6) is 0 Å². The standard InChI is InChI=1S/C18H25FN4O5S/c1-13(2)21-17(25)18(26)23-11-9-22(10-12-23)16(24)7-8-20-29(27,28)15-5-3-14(19)4-6-15/h3-6,13,20H,7-12H2,1-2H3,(H,21,25). The van der Waals surface area contributed by atoms with Crippen molar-refractivity contribution in [1.82, 2.24) is 19.8 Å². The molecule has 0 aromatic heterocycles. The number of amides is 3. The number of hydrogen-bond acceptors (Lipinski definition) is 5. The van der Waals surface area contributed by atoms with Gasteiger partial charge in [-0.2, -0.15) is 0 Å². The predicted octanol–water partition coefficient (Wildman–Crippen LogP) is -0.310. The highest BCUT2D eigenvalue weighted by atomic mass is 32.2. The molecule has 160 valence electrons. The van der Waals surface area contributed by atoms with Crippen molar-refractivity contribution in [3.05, 3.63) is 30.1 Å². The molecule has 0 bridgehead atoms. The van der Waals surface area contributed by atoms with Crippen LogP contribution < -0.4 is 10.0 Å². The fourth-order valence-corrected chi connectivity index (χ4v) is 3.81. The van der Waals surface area contributed by atoms with E-state index in [2.05, 4.69) is 10.0 Å². The molecule has 2 N–H and O–H groups in total. The second kappa shape index (κ2) is 9.79. The zero-order chi connectivity index (χ0) is 21.6. The van der Waals surface area contributed by atoms with E-state index < -0.39 is 27.7 Å². The maximum Gasteiger partial charge on any atom is 0.312 e. The van der Waals surface area contributed by atoms with E-state index in [1.54, 1.807) is 13.8 Å². The van der Waals surface area contributed by atoms with Gasteiger partial charge in [0, 0.05) is 45.2 Å². The first-order valence-electron chi connectivity index (χ1n) is 9.23. The molecule has 3 amide bonds. The maximum absolute atomic E-state index is 12.9. The molecule has 0 aliphatic carbocycles. The molecule has 9 nitrogen and oxygen atoms in total. The largest absolute Gasteiger partial charge is 0.346 e. The number of nitrogens with one attached hydrogen (secondary N) is 2. The third-order valence-corrected chi connectivity index (χ3v) is 5.77. The predicted molar refractivity (Wildman–Crippen MR) is 103 cm³/mol. The molecule has 29 heavy (non-hydrogen) atoms. The molecule has 0 spiro atoms. The smallest absolute Gasteiger partial charge is 0.312 e. The molecule has 1 aromatic carbocycles. The summed E-state index contributed by atoms with van der Waals surface area (Å²) < 4.78 is 39.5. The van der Waals surface area contributed by atoms with Crippen LogP contribution in [0.25, 0.3) is 0 Å². The lowest BCUT2D eigenvalue weighted by atomic mass is 10.2. The molecule has 2 rings (SSSR count). The number of carbonyl (C=O) groups is 3. The first-order chi connectivity index (χ1) is 13.6. The number of carbonyl (C=O) groups excluding carboxylic acids is 3. The van der Waals surface area contributed by atoms with Crippen LogP contribution >= 0.6 is 0 Å². The number of benzene rings is 1. The molecule has 1 aromatic rings. The molecule has 1 heterocycles. The molecular weight excluding hydrogens is 403 g/mol. The topological polar surface area (TPSA) is 116 Å². The summed E-state index contributed by atoms with van der Waals surface area (Å²) in [6.45, 7) is 4.41. The summed E-state index contributed by atoms with van der Waals surface area (Å²) in [6, 6.07) is 4.23. The van der Waals surface area contributed by atoms with Gasteiger partial charge in [0.2, 0.25) is 15.9 Å². The van der Waals surface area contributed by atoms with Crippen molar-refractivity contribution < 1.29 is 27.2 Å². The van der Waals surface area contributed by atoms with Gasteiger partial charge in [-0.1, -0.05) is 0 Å². The fraction of sp³-hybridized carbons (Fsp3) is 0.500. The molecule has 1 saturated heterocycles. The Morgan fingerprint density at radius 1 is 1.03 bits per heavy atom. The second-order valence-corrected chi connectivity index (χ2v) is 8.67. The van der Waals surface area contributed by atoms with Crippen LogP contribution in [0.2, 0.25) is 0 Å². The Kier molecular flexibility index (Phi) is 7.68. The van der Waals surface area contributed by atoms with E-state index in [1.807, 2.05) is 0 Å². The highest BCUT2D eigenvalue weighted by Crippen LogP contribution is 2.10. The average Bonchev–Trinajstić information content (AvgIpc) is 2.67. The minimum Gasteiger partial charge on any atom is -0.346 e. The van der Waals surface area contributed by atoms with Crippen molar-refractivity contribution in [3.63, 3.8) is 0 Å². The van der Waals surface area contributed by atoms with Crippen molar-refractivity contribution >= 4 is 27.7 Å². The van der Waals surface area contributed by atoms with Crippen LogP contribution in [0.15, 0.2) is 29.2 Å². The van der Waals surface area contributed by atoms with Crippen molar-refractivity contribution in [2.75, 3.05) is 32.7 Å². The number of nitrogens with zero attached hydrogens (tertiary/aromatic N) is 2. The minimum atomic E-state index is -3.83. The van der Waals surface area contributed by atoms with E-state index in [9.17, 15) is 27.2 Å². The lowest BCUT2D eigenvalue weighted by molar-refractivity contribution is -0.148. The van der Waals surface area contributed by atoms with Gasteiger partial charge in [0.1, 0.15) is 5.82 Å². The first kappa shape index (κ1) is 22.8. The highest BCUT2D eigenvalue weighted by molar-refractivity contribution is 7.89. The number of hydrogen-bond donors (Lipinski definition) is 2. The minimum absolute atomic E-state index is 0.0534.